The Balaban J connectivity index is 3.01. The second kappa shape index (κ2) is 6.66. The van der Waals surface area contributed by atoms with E-state index in [1.165, 1.54) is 18.2 Å². The molecule has 4 heteroatoms. The first-order valence-corrected chi connectivity index (χ1v) is 6.57. The van der Waals surface area contributed by atoms with Gasteiger partial charge in [-0.3, -0.25) is 4.90 Å². The van der Waals surface area contributed by atoms with E-state index in [1.807, 2.05) is 0 Å². The van der Waals surface area contributed by atoms with Gasteiger partial charge in [0.2, 0.25) is 0 Å². The smallest absolute Gasteiger partial charge is 0.336 e. The molecule has 0 aliphatic rings. The van der Waals surface area contributed by atoms with Crippen molar-refractivity contribution in [2.24, 2.45) is 5.92 Å². The molecule has 0 radical (unpaired) electrons. The molecule has 1 rings (SSSR count). The van der Waals surface area contributed by atoms with E-state index in [9.17, 15) is 9.18 Å². The molecule has 19 heavy (non-hydrogen) atoms. The summed E-state index contributed by atoms with van der Waals surface area (Å²) in [6, 6.07) is 4.13. The van der Waals surface area contributed by atoms with Crippen LogP contribution in [0.2, 0.25) is 0 Å². The van der Waals surface area contributed by atoms with E-state index in [1.54, 1.807) is 0 Å². The van der Waals surface area contributed by atoms with Crippen molar-refractivity contribution in [3.05, 3.63) is 35.1 Å². The molecule has 0 atom stereocenters. The first-order chi connectivity index (χ1) is 8.81. The van der Waals surface area contributed by atoms with Crippen molar-refractivity contribution in [1.29, 1.82) is 0 Å². The van der Waals surface area contributed by atoms with E-state index < -0.39 is 11.8 Å². The van der Waals surface area contributed by atoms with Crippen LogP contribution >= 0.6 is 0 Å². The fourth-order valence-electron chi connectivity index (χ4n) is 2.05. The van der Waals surface area contributed by atoms with E-state index in [2.05, 4.69) is 32.6 Å². The third-order valence-corrected chi connectivity index (χ3v) is 3.00. The molecular formula is C15H22FNO2. The zero-order valence-corrected chi connectivity index (χ0v) is 12.0. The zero-order valence-electron chi connectivity index (χ0n) is 12.0. The van der Waals surface area contributed by atoms with Crippen LogP contribution in [0.15, 0.2) is 18.2 Å². The van der Waals surface area contributed by atoms with Gasteiger partial charge in [0.05, 0.1) is 5.56 Å². The molecule has 0 aliphatic carbocycles. The van der Waals surface area contributed by atoms with E-state index in [0.29, 0.717) is 18.0 Å². The van der Waals surface area contributed by atoms with Gasteiger partial charge in [0.1, 0.15) is 5.82 Å². The summed E-state index contributed by atoms with van der Waals surface area (Å²) in [7, 11) is 0. The van der Waals surface area contributed by atoms with Gasteiger partial charge in [-0.15, -0.1) is 0 Å². The Morgan fingerprint density at radius 2 is 1.95 bits per heavy atom. The molecule has 0 amide bonds. The zero-order chi connectivity index (χ0) is 14.6. The van der Waals surface area contributed by atoms with Crippen LogP contribution in [0.5, 0.6) is 0 Å². The molecule has 106 valence electrons. The SMILES string of the molecule is CC(C)CN(Cc1cc(F)ccc1C(=O)O)C(C)C. The molecule has 0 unspecified atom stereocenters. The molecule has 1 N–H and O–H groups in total. The van der Waals surface area contributed by atoms with Crippen LogP contribution in [0.3, 0.4) is 0 Å². The number of carbonyl (C=O) groups is 1. The first-order valence-electron chi connectivity index (χ1n) is 6.57. The number of halogens is 1. The summed E-state index contributed by atoms with van der Waals surface area (Å²) in [5.41, 5.74) is 0.706. The Kier molecular flexibility index (Phi) is 5.48. The van der Waals surface area contributed by atoms with Gasteiger partial charge >= 0.3 is 5.97 Å². The number of hydrogen-bond donors (Lipinski definition) is 1. The third kappa shape index (κ3) is 4.63. The lowest BCUT2D eigenvalue weighted by atomic mass is 10.1. The van der Waals surface area contributed by atoms with Gasteiger partial charge in [-0.25, -0.2) is 9.18 Å². The van der Waals surface area contributed by atoms with Crippen molar-refractivity contribution in [2.45, 2.75) is 40.3 Å². The lowest BCUT2D eigenvalue weighted by Gasteiger charge is -2.28. The quantitative estimate of drug-likeness (QED) is 0.859. The highest BCUT2D eigenvalue weighted by Gasteiger charge is 2.17. The average Bonchev–Trinajstić information content (AvgIpc) is 2.26. The fraction of sp³-hybridized carbons (Fsp3) is 0.533. The van der Waals surface area contributed by atoms with Crippen LogP contribution < -0.4 is 0 Å². The van der Waals surface area contributed by atoms with Gasteiger partial charge in [-0.1, -0.05) is 13.8 Å². The summed E-state index contributed by atoms with van der Waals surface area (Å²) in [6.45, 7) is 9.64. The van der Waals surface area contributed by atoms with Crippen LogP contribution in [-0.4, -0.2) is 28.6 Å². The Hall–Kier alpha value is -1.42. The lowest BCUT2D eigenvalue weighted by molar-refractivity contribution is 0.0693. The minimum Gasteiger partial charge on any atom is -0.478 e. The highest BCUT2D eigenvalue weighted by atomic mass is 19.1. The number of hydrogen-bond acceptors (Lipinski definition) is 2. The van der Waals surface area contributed by atoms with Crippen molar-refractivity contribution < 1.29 is 14.3 Å². The Morgan fingerprint density at radius 1 is 1.32 bits per heavy atom. The van der Waals surface area contributed by atoms with Crippen molar-refractivity contribution in [3.8, 4) is 0 Å². The van der Waals surface area contributed by atoms with Gasteiger partial charge in [0.15, 0.2) is 0 Å². The molecule has 0 fully saturated rings. The average molecular weight is 267 g/mol. The van der Waals surface area contributed by atoms with Crippen LogP contribution in [-0.2, 0) is 6.54 Å². The van der Waals surface area contributed by atoms with Gasteiger partial charge < -0.3 is 5.11 Å². The molecule has 0 spiro atoms. The Labute approximate surface area is 114 Å². The van der Waals surface area contributed by atoms with Crippen molar-refractivity contribution in [3.63, 3.8) is 0 Å². The summed E-state index contributed by atoms with van der Waals surface area (Å²) >= 11 is 0. The molecular weight excluding hydrogens is 245 g/mol. The topological polar surface area (TPSA) is 40.5 Å². The van der Waals surface area contributed by atoms with Crippen LogP contribution in [0, 0.1) is 11.7 Å². The second-order valence-corrected chi connectivity index (χ2v) is 5.52. The van der Waals surface area contributed by atoms with Gasteiger partial charge in [-0.2, -0.15) is 0 Å². The van der Waals surface area contributed by atoms with E-state index in [4.69, 9.17) is 5.11 Å². The number of rotatable bonds is 6. The maximum absolute atomic E-state index is 13.3. The monoisotopic (exact) mass is 267 g/mol. The van der Waals surface area contributed by atoms with E-state index in [-0.39, 0.29) is 11.6 Å². The largest absolute Gasteiger partial charge is 0.478 e. The summed E-state index contributed by atoms with van der Waals surface area (Å²) in [6.07, 6.45) is 0. The predicted octanol–water partition coefficient (Wildman–Crippen LogP) is 3.39. The Morgan fingerprint density at radius 3 is 2.42 bits per heavy atom. The van der Waals surface area contributed by atoms with E-state index in [0.717, 1.165) is 6.54 Å². The van der Waals surface area contributed by atoms with Gasteiger partial charge in [0.25, 0.3) is 0 Å². The normalized spacial score (nSPS) is 11.6. The number of carboxylic acid groups (broad SMARTS) is 1. The Bertz CT molecular complexity index is 444. The molecule has 0 heterocycles. The minimum atomic E-state index is -1.01. The number of nitrogens with zero attached hydrogens (tertiary/aromatic N) is 1. The van der Waals surface area contributed by atoms with Crippen LogP contribution in [0.25, 0.3) is 0 Å². The molecule has 0 saturated heterocycles. The maximum Gasteiger partial charge on any atom is 0.336 e. The third-order valence-electron chi connectivity index (χ3n) is 3.00. The molecule has 1 aromatic carbocycles. The minimum absolute atomic E-state index is 0.177. The van der Waals surface area contributed by atoms with E-state index >= 15 is 0 Å². The summed E-state index contributed by atoms with van der Waals surface area (Å²) in [4.78, 5) is 13.3. The fourth-order valence-corrected chi connectivity index (χ4v) is 2.05. The van der Waals surface area contributed by atoms with Crippen molar-refractivity contribution in [1.82, 2.24) is 4.90 Å². The van der Waals surface area contributed by atoms with Crippen LogP contribution in [0.4, 0.5) is 4.39 Å². The maximum atomic E-state index is 13.3. The summed E-state index contributed by atoms with van der Waals surface area (Å²) < 4.78 is 13.3. The number of carboxylic acids is 1. The predicted molar refractivity (Wildman–Crippen MR) is 73.7 cm³/mol. The van der Waals surface area contributed by atoms with Crippen LogP contribution in [0.1, 0.15) is 43.6 Å². The molecule has 0 saturated carbocycles. The summed E-state index contributed by atoms with van der Waals surface area (Å²) in [5, 5.41) is 9.15. The van der Waals surface area contributed by atoms with Crippen molar-refractivity contribution >= 4 is 5.97 Å². The molecule has 0 aromatic heterocycles. The van der Waals surface area contributed by atoms with Gasteiger partial charge in [0, 0.05) is 19.1 Å². The summed E-state index contributed by atoms with van der Waals surface area (Å²) in [5.74, 6) is -0.930. The number of benzene rings is 1. The molecule has 0 bridgehead atoms. The number of aromatic carboxylic acids is 1. The lowest BCUT2D eigenvalue weighted by Crippen LogP contribution is -2.34. The standard InChI is InChI=1S/C15H22FNO2/c1-10(2)8-17(11(3)4)9-12-7-13(16)5-6-14(12)15(18)19/h5-7,10-11H,8-9H2,1-4H3,(H,18,19). The molecule has 1 aromatic rings. The highest BCUT2D eigenvalue weighted by Crippen LogP contribution is 2.17. The molecule has 3 nitrogen and oxygen atoms in total. The second-order valence-electron chi connectivity index (χ2n) is 5.52. The first kappa shape index (κ1) is 15.6. The molecule has 0 aliphatic heterocycles. The van der Waals surface area contributed by atoms with Gasteiger partial charge in [-0.05, 0) is 43.5 Å². The van der Waals surface area contributed by atoms with Crippen molar-refractivity contribution in [2.75, 3.05) is 6.54 Å². The highest BCUT2D eigenvalue weighted by molar-refractivity contribution is 5.89.